The minimum atomic E-state index is -1.99. The van der Waals surface area contributed by atoms with Gasteiger partial charge in [0, 0.05) is 11.5 Å². The summed E-state index contributed by atoms with van der Waals surface area (Å²) < 4.78 is 6.82. The van der Waals surface area contributed by atoms with Gasteiger partial charge in [0.05, 0.1) is 17.7 Å². The van der Waals surface area contributed by atoms with Gasteiger partial charge in [-0.05, 0) is 49.5 Å². The summed E-state index contributed by atoms with van der Waals surface area (Å²) in [7, 11) is -1.99. The predicted molar refractivity (Wildman–Crippen MR) is 142 cm³/mol. The highest BCUT2D eigenvalue weighted by atomic mass is 35.5. The smallest absolute Gasteiger partial charge is 0.205 e. The Morgan fingerprint density at radius 1 is 1.12 bits per heavy atom. The van der Waals surface area contributed by atoms with E-state index in [0.717, 1.165) is 33.1 Å². The normalized spacial score (nSPS) is 14.0. The van der Waals surface area contributed by atoms with Crippen LogP contribution in [-0.4, -0.2) is 24.6 Å². The van der Waals surface area contributed by atoms with Gasteiger partial charge in [-0.1, -0.05) is 86.2 Å². The van der Waals surface area contributed by atoms with Crippen molar-refractivity contribution in [2.75, 3.05) is 0 Å². The molecule has 0 aliphatic heterocycles. The average molecular weight is 498 g/mol. The Bertz CT molecular complexity index is 1150. The molecule has 174 valence electrons. The van der Waals surface area contributed by atoms with Gasteiger partial charge < -0.3 is 4.43 Å². The van der Waals surface area contributed by atoms with Gasteiger partial charge in [0.15, 0.2) is 8.32 Å². The molecule has 0 spiro atoms. The highest BCUT2D eigenvalue weighted by Crippen LogP contribution is 2.41. The lowest BCUT2D eigenvalue weighted by molar-refractivity contribution is 0.167. The van der Waals surface area contributed by atoms with Crippen LogP contribution in [0.1, 0.15) is 49.7 Å². The van der Waals surface area contributed by atoms with Crippen molar-refractivity contribution in [2.24, 2.45) is 0 Å². The van der Waals surface area contributed by atoms with Crippen molar-refractivity contribution in [1.29, 1.82) is 0 Å². The number of hydrogen-bond acceptors (Lipinski definition) is 4. The molecule has 1 aromatic heterocycles. The van der Waals surface area contributed by atoms with E-state index in [4.69, 9.17) is 22.6 Å². The van der Waals surface area contributed by atoms with Crippen LogP contribution in [0.3, 0.4) is 0 Å². The molecule has 0 saturated carbocycles. The van der Waals surface area contributed by atoms with E-state index < -0.39 is 8.32 Å². The predicted octanol–water partition coefficient (Wildman–Crippen LogP) is 8.45. The van der Waals surface area contributed by atoms with Crippen molar-refractivity contribution in [1.82, 2.24) is 10.2 Å². The van der Waals surface area contributed by atoms with Crippen LogP contribution in [0.4, 0.5) is 5.69 Å². The first-order valence-corrected chi connectivity index (χ1v) is 15.3. The Kier molecular flexibility index (Phi) is 7.80. The first-order valence-electron chi connectivity index (χ1n) is 11.2. The van der Waals surface area contributed by atoms with E-state index in [1.165, 1.54) is 0 Å². The van der Waals surface area contributed by atoms with Crippen LogP contribution in [-0.2, 0) is 10.8 Å². The lowest BCUT2D eigenvalue weighted by atomic mass is 9.92. The number of benzene rings is 2. The fourth-order valence-corrected chi connectivity index (χ4v) is 6.23. The first kappa shape index (κ1) is 25.6. The second-order valence-corrected chi connectivity index (χ2v) is 16.1. The van der Waals surface area contributed by atoms with Gasteiger partial charge in [-0.25, -0.2) is 4.85 Å². The summed E-state index contributed by atoms with van der Waals surface area (Å²) >= 11 is 8.12. The average Bonchev–Trinajstić information content (AvgIpc) is 3.24. The summed E-state index contributed by atoms with van der Waals surface area (Å²) in [5.74, 6) is 0.0302. The maximum Gasteiger partial charge on any atom is 0.205 e. The van der Waals surface area contributed by atoms with E-state index in [-0.39, 0.29) is 17.1 Å². The summed E-state index contributed by atoms with van der Waals surface area (Å²) in [6.45, 7) is 22.8. The maximum atomic E-state index is 7.35. The fraction of sp³-hybridized carbons (Fsp3) is 0.423. The van der Waals surface area contributed by atoms with Crippen molar-refractivity contribution in [3.8, 4) is 10.6 Å². The third kappa shape index (κ3) is 5.72. The molecule has 3 aromatic rings. The lowest BCUT2D eigenvalue weighted by Gasteiger charge is -2.40. The van der Waals surface area contributed by atoms with E-state index >= 15 is 0 Å². The highest BCUT2D eigenvalue weighted by molar-refractivity contribution is 7.14. The Labute approximate surface area is 207 Å². The molecule has 0 N–H and O–H groups in total. The highest BCUT2D eigenvalue weighted by Gasteiger charge is 2.40. The van der Waals surface area contributed by atoms with Crippen molar-refractivity contribution in [3.05, 3.63) is 75.0 Å². The monoisotopic (exact) mass is 497 g/mol. The van der Waals surface area contributed by atoms with Crippen LogP contribution in [0.5, 0.6) is 0 Å². The zero-order chi connectivity index (χ0) is 24.4. The van der Waals surface area contributed by atoms with Crippen molar-refractivity contribution in [3.63, 3.8) is 0 Å². The summed E-state index contributed by atoms with van der Waals surface area (Å²) in [4.78, 5) is 3.54. The van der Waals surface area contributed by atoms with Crippen LogP contribution in [0.25, 0.3) is 15.4 Å². The lowest BCUT2D eigenvalue weighted by Crippen LogP contribution is -2.44. The number of aromatic nitrogens is 2. The Hall–Kier alpha value is -2.04. The maximum absolute atomic E-state index is 7.35. The third-order valence-electron chi connectivity index (χ3n) is 6.67. The van der Waals surface area contributed by atoms with Crippen molar-refractivity contribution < 1.29 is 4.43 Å². The van der Waals surface area contributed by atoms with Gasteiger partial charge in [0.1, 0.15) is 10.0 Å². The van der Waals surface area contributed by atoms with Gasteiger partial charge in [-0.15, -0.1) is 10.2 Å². The molecule has 1 heterocycles. The van der Waals surface area contributed by atoms with E-state index in [0.29, 0.717) is 10.7 Å². The van der Waals surface area contributed by atoms with Gasteiger partial charge in [-0.2, -0.15) is 0 Å². The van der Waals surface area contributed by atoms with Crippen LogP contribution >= 0.6 is 22.9 Å². The van der Waals surface area contributed by atoms with E-state index in [1.807, 2.05) is 37.3 Å². The van der Waals surface area contributed by atoms with Crippen molar-refractivity contribution >= 4 is 36.9 Å². The summed E-state index contributed by atoms with van der Waals surface area (Å²) in [6.07, 6.45) is 0.685. The third-order valence-corrected chi connectivity index (χ3v) is 12.8. The number of rotatable bonds is 7. The molecule has 0 aliphatic carbocycles. The summed E-state index contributed by atoms with van der Waals surface area (Å²) in [5.41, 5.74) is 3.61. The molecule has 33 heavy (non-hydrogen) atoms. The molecule has 2 aromatic carbocycles. The van der Waals surface area contributed by atoms with Gasteiger partial charge in [0.25, 0.3) is 0 Å². The SMILES string of the molecule is [C-]#[N+]c1ccc(C[C@@H](c2nnc(-c3ccccc3)s2)[C@H](C)O[Si](C)(C)C(C)(C)C)c(C)c1Cl. The zero-order valence-electron chi connectivity index (χ0n) is 20.4. The number of halogens is 1. The molecule has 0 aliphatic rings. The molecule has 0 fully saturated rings. The second-order valence-electron chi connectivity index (χ2n) is 10.00. The van der Waals surface area contributed by atoms with E-state index in [1.54, 1.807) is 11.3 Å². The van der Waals surface area contributed by atoms with E-state index in [9.17, 15) is 0 Å². The summed E-state index contributed by atoms with van der Waals surface area (Å²) in [6, 6.07) is 14.0. The van der Waals surface area contributed by atoms with E-state index in [2.05, 4.69) is 68.0 Å². The second kappa shape index (κ2) is 10.1. The Morgan fingerprint density at radius 3 is 2.39 bits per heavy atom. The minimum Gasteiger partial charge on any atom is -0.414 e. The first-order chi connectivity index (χ1) is 15.4. The fourth-order valence-electron chi connectivity index (χ4n) is 3.51. The Balaban J connectivity index is 2.00. The molecular formula is C26H32ClN3OSSi. The van der Waals surface area contributed by atoms with Crippen LogP contribution < -0.4 is 0 Å². The largest absolute Gasteiger partial charge is 0.414 e. The minimum absolute atomic E-state index is 0.0302. The molecule has 0 radical (unpaired) electrons. The van der Waals surface area contributed by atoms with Crippen LogP contribution in [0.2, 0.25) is 23.2 Å². The molecular weight excluding hydrogens is 466 g/mol. The Morgan fingerprint density at radius 2 is 1.79 bits per heavy atom. The molecule has 4 nitrogen and oxygen atoms in total. The quantitative estimate of drug-likeness (QED) is 0.242. The summed E-state index contributed by atoms with van der Waals surface area (Å²) in [5, 5.41) is 11.6. The topological polar surface area (TPSA) is 39.4 Å². The number of hydrogen-bond donors (Lipinski definition) is 0. The molecule has 0 amide bonds. The van der Waals surface area contributed by atoms with Gasteiger partial charge in [0.2, 0.25) is 5.69 Å². The van der Waals surface area contributed by atoms with Gasteiger partial charge in [-0.3, -0.25) is 0 Å². The van der Waals surface area contributed by atoms with Gasteiger partial charge >= 0.3 is 0 Å². The molecule has 2 atom stereocenters. The molecule has 0 bridgehead atoms. The molecule has 0 unspecified atom stereocenters. The molecule has 7 heteroatoms. The molecule has 3 rings (SSSR count). The molecule has 0 saturated heterocycles. The number of nitrogens with zero attached hydrogens (tertiary/aromatic N) is 3. The van der Waals surface area contributed by atoms with Crippen LogP contribution in [0.15, 0.2) is 42.5 Å². The standard InChI is InChI=1S/C26H32ClN3OSSi/c1-17-20(14-15-22(28-6)23(17)27)16-21(18(2)31-33(7,8)26(3,4)5)25-30-29-24(32-25)19-12-10-9-11-13-19/h9-15,18,21H,16H2,1-5,7-8H3/t18-,21+/m0/s1. The van der Waals surface area contributed by atoms with Crippen molar-refractivity contribution in [2.45, 2.75) is 71.2 Å². The zero-order valence-corrected chi connectivity index (χ0v) is 23.0. The van der Waals surface area contributed by atoms with Crippen LogP contribution in [0, 0.1) is 13.5 Å².